The van der Waals surface area contributed by atoms with Crippen molar-refractivity contribution < 1.29 is 22.6 Å². The molecule has 0 spiro atoms. The van der Waals surface area contributed by atoms with Crippen LogP contribution in [0.4, 0.5) is 11.4 Å². The van der Waals surface area contributed by atoms with E-state index < -0.39 is 20.2 Å². The van der Waals surface area contributed by atoms with E-state index in [4.69, 9.17) is 4.42 Å². The number of nitrogens with one attached hydrogen (secondary N) is 2. The molecule has 1 atom stereocenters. The van der Waals surface area contributed by atoms with Crippen LogP contribution >= 0.6 is 11.8 Å². The molecule has 1 unspecified atom stereocenters. The van der Waals surface area contributed by atoms with Crippen molar-refractivity contribution in [3.63, 3.8) is 0 Å². The van der Waals surface area contributed by atoms with Crippen LogP contribution in [-0.4, -0.2) is 24.5 Å². The maximum atomic E-state index is 12.5. The van der Waals surface area contributed by atoms with Gasteiger partial charge < -0.3 is 9.73 Å². The number of rotatable bonds is 9. The van der Waals surface area contributed by atoms with Crippen LogP contribution in [-0.2, 0) is 21.4 Å². The molecule has 0 bridgehead atoms. The average molecular weight is 462 g/mol. The van der Waals surface area contributed by atoms with Crippen LogP contribution in [0.15, 0.2) is 81.1 Å². The Morgan fingerprint density at radius 2 is 1.90 bits per heavy atom. The summed E-state index contributed by atoms with van der Waals surface area (Å²) in [4.78, 5) is 23.5. The molecule has 0 radical (unpaired) electrons. The molecule has 162 valence electrons. The van der Waals surface area contributed by atoms with Gasteiger partial charge in [0.2, 0.25) is 15.9 Å². The molecule has 9 nitrogen and oxygen atoms in total. The number of amides is 1. The lowest BCUT2D eigenvalue weighted by Gasteiger charge is -2.13. The normalized spacial score (nSPS) is 12.3. The molecule has 3 aromatic rings. The van der Waals surface area contributed by atoms with Crippen LogP contribution in [0, 0.1) is 10.1 Å². The SMILES string of the molecule is CC(Sc1ccc([N+](=O)[O-])cc1)C(=O)Nc1cccc(S(=O)(=O)NCc2ccco2)c1. The number of nitro groups is 1. The van der Waals surface area contributed by atoms with Gasteiger partial charge in [0.25, 0.3) is 5.69 Å². The Labute approximate surface area is 183 Å². The highest BCUT2D eigenvalue weighted by molar-refractivity contribution is 8.00. The Morgan fingerprint density at radius 3 is 2.55 bits per heavy atom. The number of carbonyl (C=O) groups excluding carboxylic acids is 1. The fourth-order valence-electron chi connectivity index (χ4n) is 2.55. The number of non-ortho nitro benzene ring substituents is 1. The second-order valence-corrected chi connectivity index (χ2v) is 9.61. The van der Waals surface area contributed by atoms with E-state index in [0.717, 1.165) is 0 Å². The van der Waals surface area contributed by atoms with Gasteiger partial charge in [-0.3, -0.25) is 14.9 Å². The highest BCUT2D eigenvalue weighted by Gasteiger charge is 2.18. The van der Waals surface area contributed by atoms with E-state index in [-0.39, 0.29) is 23.0 Å². The minimum Gasteiger partial charge on any atom is -0.468 e. The fraction of sp³-hybridized carbons (Fsp3) is 0.150. The molecular formula is C20H19N3O6S2. The summed E-state index contributed by atoms with van der Waals surface area (Å²) in [5, 5.41) is 12.9. The van der Waals surface area contributed by atoms with Gasteiger partial charge in [0.1, 0.15) is 5.76 Å². The van der Waals surface area contributed by atoms with E-state index in [1.165, 1.54) is 48.4 Å². The molecule has 1 heterocycles. The molecule has 2 aromatic carbocycles. The van der Waals surface area contributed by atoms with Crippen LogP contribution in [0.1, 0.15) is 12.7 Å². The van der Waals surface area contributed by atoms with Crippen LogP contribution < -0.4 is 10.0 Å². The Bertz CT molecular complexity index is 1160. The minimum absolute atomic E-state index is 0.00697. The zero-order valence-electron chi connectivity index (χ0n) is 16.3. The third kappa shape index (κ3) is 6.17. The molecule has 3 rings (SSSR count). The van der Waals surface area contributed by atoms with Crippen molar-refractivity contribution in [3.05, 3.63) is 82.8 Å². The van der Waals surface area contributed by atoms with E-state index in [1.54, 1.807) is 37.3 Å². The van der Waals surface area contributed by atoms with Crippen molar-refractivity contribution in [3.8, 4) is 0 Å². The van der Waals surface area contributed by atoms with Crippen molar-refractivity contribution in [2.24, 2.45) is 0 Å². The van der Waals surface area contributed by atoms with Gasteiger partial charge in [-0.15, -0.1) is 11.8 Å². The molecule has 2 N–H and O–H groups in total. The van der Waals surface area contributed by atoms with E-state index in [1.807, 2.05) is 0 Å². The smallest absolute Gasteiger partial charge is 0.269 e. The second kappa shape index (κ2) is 9.77. The number of furan rings is 1. The van der Waals surface area contributed by atoms with E-state index >= 15 is 0 Å². The highest BCUT2D eigenvalue weighted by atomic mass is 32.2. The first-order valence-corrected chi connectivity index (χ1v) is 11.4. The summed E-state index contributed by atoms with van der Waals surface area (Å²) in [6.45, 7) is 1.70. The Kier molecular flexibility index (Phi) is 7.10. The number of nitrogens with zero attached hydrogens (tertiary/aromatic N) is 1. The number of sulfonamides is 1. The second-order valence-electron chi connectivity index (χ2n) is 6.43. The summed E-state index contributed by atoms with van der Waals surface area (Å²) >= 11 is 1.23. The fourth-order valence-corrected chi connectivity index (χ4v) is 4.46. The molecule has 0 saturated carbocycles. The summed E-state index contributed by atoms with van der Waals surface area (Å²) in [6.07, 6.45) is 1.45. The first-order chi connectivity index (χ1) is 14.7. The van der Waals surface area contributed by atoms with Gasteiger partial charge in [0.05, 0.1) is 27.9 Å². The zero-order chi connectivity index (χ0) is 22.4. The standard InChI is InChI=1S/C20H19N3O6S2/c1-14(30-18-9-7-16(8-10-18)23(25)26)20(24)22-15-4-2-6-19(12-15)31(27,28)21-13-17-5-3-11-29-17/h2-12,14,21H,13H2,1H3,(H,22,24). The molecule has 1 aromatic heterocycles. The first kappa shape index (κ1) is 22.5. The highest BCUT2D eigenvalue weighted by Crippen LogP contribution is 2.26. The molecule has 0 fully saturated rings. The summed E-state index contributed by atoms with van der Waals surface area (Å²) < 4.78 is 32.6. The van der Waals surface area contributed by atoms with Crippen LogP contribution in [0.2, 0.25) is 0 Å². The van der Waals surface area contributed by atoms with Crippen molar-refractivity contribution in [2.45, 2.75) is 28.5 Å². The van der Waals surface area contributed by atoms with E-state index in [9.17, 15) is 23.3 Å². The van der Waals surface area contributed by atoms with Gasteiger partial charge in [-0.25, -0.2) is 13.1 Å². The molecule has 0 aliphatic rings. The Balaban J connectivity index is 1.62. The lowest BCUT2D eigenvalue weighted by Crippen LogP contribution is -2.24. The topological polar surface area (TPSA) is 132 Å². The van der Waals surface area contributed by atoms with Crippen molar-refractivity contribution >= 4 is 39.1 Å². The van der Waals surface area contributed by atoms with Crippen LogP contribution in [0.3, 0.4) is 0 Å². The van der Waals surface area contributed by atoms with E-state index in [2.05, 4.69) is 10.0 Å². The third-order valence-electron chi connectivity index (χ3n) is 4.16. The molecule has 0 saturated heterocycles. The third-order valence-corrected chi connectivity index (χ3v) is 6.67. The molecular weight excluding hydrogens is 442 g/mol. The van der Waals surface area contributed by atoms with Gasteiger partial charge in [0, 0.05) is 22.7 Å². The minimum atomic E-state index is -3.80. The number of thioether (sulfide) groups is 1. The van der Waals surface area contributed by atoms with Gasteiger partial charge in [0.15, 0.2) is 0 Å². The Morgan fingerprint density at radius 1 is 1.16 bits per heavy atom. The van der Waals surface area contributed by atoms with Crippen molar-refractivity contribution in [1.29, 1.82) is 0 Å². The van der Waals surface area contributed by atoms with Gasteiger partial charge in [-0.05, 0) is 49.4 Å². The molecule has 31 heavy (non-hydrogen) atoms. The summed E-state index contributed by atoms with van der Waals surface area (Å²) in [7, 11) is -3.80. The lowest BCUT2D eigenvalue weighted by atomic mass is 10.3. The maximum Gasteiger partial charge on any atom is 0.269 e. The number of hydrogen-bond donors (Lipinski definition) is 2. The number of benzene rings is 2. The first-order valence-electron chi connectivity index (χ1n) is 9.09. The monoisotopic (exact) mass is 461 g/mol. The molecule has 1 amide bonds. The van der Waals surface area contributed by atoms with Gasteiger partial charge in [-0.1, -0.05) is 6.07 Å². The largest absolute Gasteiger partial charge is 0.468 e. The predicted octanol–water partition coefficient (Wildman–Crippen LogP) is 3.79. The quantitative estimate of drug-likeness (QED) is 0.281. The number of hydrogen-bond acceptors (Lipinski definition) is 7. The summed E-state index contributed by atoms with van der Waals surface area (Å²) in [6, 6.07) is 15.1. The number of carbonyl (C=O) groups is 1. The molecule has 0 aliphatic carbocycles. The van der Waals surface area contributed by atoms with Gasteiger partial charge in [-0.2, -0.15) is 0 Å². The average Bonchev–Trinajstić information content (AvgIpc) is 3.27. The number of anilines is 1. The van der Waals surface area contributed by atoms with E-state index in [0.29, 0.717) is 16.3 Å². The van der Waals surface area contributed by atoms with Crippen molar-refractivity contribution in [2.75, 3.05) is 5.32 Å². The summed E-state index contributed by atoms with van der Waals surface area (Å²) in [5.74, 6) is 0.145. The maximum absolute atomic E-state index is 12.5. The van der Waals surface area contributed by atoms with Crippen LogP contribution in [0.25, 0.3) is 0 Å². The van der Waals surface area contributed by atoms with Gasteiger partial charge >= 0.3 is 0 Å². The summed E-state index contributed by atoms with van der Waals surface area (Å²) in [5.41, 5.74) is 0.308. The molecule has 0 aliphatic heterocycles. The van der Waals surface area contributed by atoms with Crippen molar-refractivity contribution in [1.82, 2.24) is 4.72 Å². The molecule has 11 heteroatoms. The lowest BCUT2D eigenvalue weighted by molar-refractivity contribution is -0.384. The van der Waals surface area contributed by atoms with Crippen LogP contribution in [0.5, 0.6) is 0 Å². The Hall–Kier alpha value is -3.15. The number of nitro benzene ring substituents is 1. The predicted molar refractivity (Wildman–Crippen MR) is 116 cm³/mol. The zero-order valence-corrected chi connectivity index (χ0v) is 18.0.